The molecule has 0 saturated carbocycles. The molecule has 0 N–H and O–H groups in total. The molecule has 0 unspecified atom stereocenters. The van der Waals surface area contributed by atoms with Crippen molar-refractivity contribution >= 4 is 18.2 Å². The Labute approximate surface area is 106 Å². The maximum atomic E-state index is 10.2. The minimum absolute atomic E-state index is 0.518. The van der Waals surface area contributed by atoms with E-state index in [1.165, 1.54) is 18.2 Å². The van der Waals surface area contributed by atoms with Gasteiger partial charge in [-0.3, -0.25) is 0 Å². The van der Waals surface area contributed by atoms with Crippen molar-refractivity contribution < 1.29 is 14.4 Å². The summed E-state index contributed by atoms with van der Waals surface area (Å²) in [6.07, 6.45) is 9.46. The fourth-order valence-electron chi connectivity index (χ4n) is 1.56. The van der Waals surface area contributed by atoms with Gasteiger partial charge in [-0.1, -0.05) is 19.3 Å². The second kappa shape index (κ2) is 10.3. The highest BCUT2D eigenvalue weighted by Gasteiger charge is 2.21. The molecule has 6 nitrogen and oxygen atoms in total. The van der Waals surface area contributed by atoms with E-state index in [2.05, 4.69) is 15.0 Å². The Hall–Kier alpha value is -1.86. The van der Waals surface area contributed by atoms with Crippen molar-refractivity contribution in [2.45, 2.75) is 51.1 Å². The molecule has 0 aliphatic carbocycles. The van der Waals surface area contributed by atoms with E-state index in [4.69, 9.17) is 0 Å². The molecule has 98 valence electrons. The van der Waals surface area contributed by atoms with Gasteiger partial charge in [-0.05, 0) is 26.2 Å². The zero-order chi connectivity index (χ0) is 13.7. The van der Waals surface area contributed by atoms with Crippen LogP contribution in [0.15, 0.2) is 15.0 Å². The Bertz CT molecular complexity index is 358. The molecule has 0 heterocycles. The highest BCUT2D eigenvalue weighted by atomic mass is 16.1. The molecule has 0 aromatic rings. The van der Waals surface area contributed by atoms with Crippen LogP contribution in [0.4, 0.5) is 0 Å². The molecule has 0 rings (SSSR count). The summed E-state index contributed by atoms with van der Waals surface area (Å²) in [4.78, 5) is 40.7. The number of isocyanates is 3. The number of carbonyl (C=O) groups excluding carboxylic acids is 3. The van der Waals surface area contributed by atoms with Gasteiger partial charge in [0.25, 0.3) is 0 Å². The number of aliphatic imine (C=N–C) groups is 3. The van der Waals surface area contributed by atoms with Gasteiger partial charge in [-0.25, -0.2) is 19.4 Å². The van der Waals surface area contributed by atoms with Gasteiger partial charge in [-0.15, -0.1) is 0 Å². The summed E-state index contributed by atoms with van der Waals surface area (Å²) in [5, 5.41) is 0. The van der Waals surface area contributed by atoms with Crippen LogP contribution < -0.4 is 0 Å². The molecule has 6 heteroatoms. The Morgan fingerprint density at radius 3 is 1.94 bits per heavy atom. The molecule has 0 saturated heterocycles. The van der Waals surface area contributed by atoms with Crippen LogP contribution >= 0.6 is 0 Å². The minimum atomic E-state index is -1.02. The third-order valence-corrected chi connectivity index (χ3v) is 2.56. The second-order valence-electron chi connectivity index (χ2n) is 4.11. The number of hydrogen-bond donors (Lipinski definition) is 0. The number of nitrogens with zero attached hydrogens (tertiary/aromatic N) is 3. The normalized spacial score (nSPS) is 12.5. The van der Waals surface area contributed by atoms with E-state index in [0.29, 0.717) is 13.0 Å². The van der Waals surface area contributed by atoms with E-state index >= 15 is 0 Å². The van der Waals surface area contributed by atoms with Crippen molar-refractivity contribution in [1.82, 2.24) is 0 Å². The molecule has 0 atom stereocenters. The first-order chi connectivity index (χ1) is 8.68. The molecule has 0 amide bonds. The van der Waals surface area contributed by atoms with Crippen LogP contribution in [0, 0.1) is 0 Å². The number of unbranched alkanes of at least 4 members (excludes halogenated alkanes) is 4. The first-order valence-corrected chi connectivity index (χ1v) is 5.90. The largest absolute Gasteiger partial charge is 0.237 e. The number of hydrogen-bond acceptors (Lipinski definition) is 6. The van der Waals surface area contributed by atoms with Gasteiger partial charge in [0.15, 0.2) is 5.66 Å². The molecule has 0 aliphatic heterocycles. The summed E-state index contributed by atoms with van der Waals surface area (Å²) < 4.78 is 0. The quantitative estimate of drug-likeness (QED) is 0.338. The monoisotopic (exact) mass is 251 g/mol. The molecule has 0 aliphatic rings. The maximum Gasteiger partial charge on any atom is 0.237 e. The van der Waals surface area contributed by atoms with Crippen LogP contribution in [0.5, 0.6) is 0 Å². The lowest BCUT2D eigenvalue weighted by Gasteiger charge is -2.15. The van der Waals surface area contributed by atoms with Crippen LogP contribution in [-0.2, 0) is 14.4 Å². The standard InChI is InChI=1S/C12H17N3O3/c1-12(14-10-17,15-11-18)7-5-3-2-4-6-8-13-9-16/h2-8H2,1H3. The summed E-state index contributed by atoms with van der Waals surface area (Å²) in [5.41, 5.74) is -1.02. The predicted molar refractivity (Wildman–Crippen MR) is 65.3 cm³/mol. The lowest BCUT2D eigenvalue weighted by Crippen LogP contribution is -2.18. The fraction of sp³-hybridized carbons (Fsp3) is 0.750. The van der Waals surface area contributed by atoms with E-state index < -0.39 is 5.66 Å². The van der Waals surface area contributed by atoms with Crippen LogP contribution in [0.2, 0.25) is 0 Å². The fourth-order valence-corrected chi connectivity index (χ4v) is 1.56. The molecule has 0 aromatic carbocycles. The Kier molecular flexibility index (Phi) is 9.24. The predicted octanol–water partition coefficient (Wildman–Crippen LogP) is 2.05. The smallest absolute Gasteiger partial charge is 0.211 e. The first kappa shape index (κ1) is 16.1. The van der Waals surface area contributed by atoms with E-state index in [-0.39, 0.29) is 0 Å². The van der Waals surface area contributed by atoms with Crippen LogP contribution in [0.1, 0.15) is 45.4 Å². The van der Waals surface area contributed by atoms with Crippen molar-refractivity contribution in [3.63, 3.8) is 0 Å². The Balaban J connectivity index is 3.77. The van der Waals surface area contributed by atoms with Gasteiger partial charge in [0, 0.05) is 0 Å². The van der Waals surface area contributed by atoms with Gasteiger partial charge in [-0.2, -0.15) is 9.98 Å². The molecule has 18 heavy (non-hydrogen) atoms. The van der Waals surface area contributed by atoms with Gasteiger partial charge in [0.2, 0.25) is 18.2 Å². The van der Waals surface area contributed by atoms with Crippen molar-refractivity contribution in [2.24, 2.45) is 15.0 Å². The molecule has 0 spiro atoms. The van der Waals surface area contributed by atoms with E-state index in [1.807, 2.05) is 0 Å². The highest BCUT2D eigenvalue weighted by molar-refractivity contribution is 5.38. The van der Waals surface area contributed by atoms with Crippen LogP contribution in [0.25, 0.3) is 0 Å². The average molecular weight is 251 g/mol. The van der Waals surface area contributed by atoms with E-state index in [1.54, 1.807) is 6.92 Å². The van der Waals surface area contributed by atoms with Gasteiger partial charge in [0.1, 0.15) is 0 Å². The summed E-state index contributed by atoms with van der Waals surface area (Å²) in [7, 11) is 0. The van der Waals surface area contributed by atoms with Crippen molar-refractivity contribution in [2.75, 3.05) is 6.54 Å². The first-order valence-electron chi connectivity index (χ1n) is 5.90. The lowest BCUT2D eigenvalue weighted by molar-refractivity contribution is 0.418. The number of rotatable bonds is 10. The zero-order valence-corrected chi connectivity index (χ0v) is 10.5. The van der Waals surface area contributed by atoms with Crippen LogP contribution in [-0.4, -0.2) is 30.4 Å². The zero-order valence-electron chi connectivity index (χ0n) is 10.5. The van der Waals surface area contributed by atoms with E-state index in [9.17, 15) is 14.4 Å². The SMILES string of the molecule is CC(CCCCCCCN=C=O)(N=C=O)N=C=O. The van der Waals surface area contributed by atoms with Gasteiger partial charge >= 0.3 is 0 Å². The molecule has 0 aromatic heterocycles. The van der Waals surface area contributed by atoms with E-state index in [0.717, 1.165) is 32.1 Å². The minimum Gasteiger partial charge on any atom is -0.211 e. The van der Waals surface area contributed by atoms with Crippen molar-refractivity contribution in [3.05, 3.63) is 0 Å². The summed E-state index contributed by atoms with van der Waals surface area (Å²) in [6.45, 7) is 2.12. The lowest BCUT2D eigenvalue weighted by atomic mass is 10.0. The maximum absolute atomic E-state index is 10.2. The second-order valence-corrected chi connectivity index (χ2v) is 4.11. The third-order valence-electron chi connectivity index (χ3n) is 2.56. The van der Waals surface area contributed by atoms with Crippen LogP contribution in [0.3, 0.4) is 0 Å². The molecule has 0 fully saturated rings. The highest BCUT2D eigenvalue weighted by Crippen LogP contribution is 2.20. The summed E-state index contributed by atoms with van der Waals surface area (Å²) in [6, 6.07) is 0. The molecular weight excluding hydrogens is 234 g/mol. The van der Waals surface area contributed by atoms with Gasteiger partial charge in [0.05, 0.1) is 6.54 Å². The Morgan fingerprint density at radius 2 is 1.39 bits per heavy atom. The summed E-state index contributed by atoms with van der Waals surface area (Å²) >= 11 is 0. The molecule has 0 radical (unpaired) electrons. The van der Waals surface area contributed by atoms with Crippen molar-refractivity contribution in [3.8, 4) is 0 Å². The third kappa shape index (κ3) is 8.31. The van der Waals surface area contributed by atoms with Gasteiger partial charge < -0.3 is 0 Å². The molecule has 0 bridgehead atoms. The Morgan fingerprint density at radius 1 is 0.833 bits per heavy atom. The molecular formula is C12H17N3O3. The summed E-state index contributed by atoms with van der Waals surface area (Å²) in [5.74, 6) is 0. The topological polar surface area (TPSA) is 88.3 Å². The average Bonchev–Trinajstić information content (AvgIpc) is 2.33. The van der Waals surface area contributed by atoms with Crippen molar-refractivity contribution in [1.29, 1.82) is 0 Å².